The number of thiazole rings is 1. The van der Waals surface area contributed by atoms with Crippen molar-refractivity contribution in [2.75, 3.05) is 11.9 Å². The Morgan fingerprint density at radius 2 is 2.00 bits per heavy atom. The van der Waals surface area contributed by atoms with Gasteiger partial charge in [-0.15, -0.1) is 26.6 Å². The Morgan fingerprint density at radius 3 is 2.70 bits per heavy atom. The molecule has 136 valence electrons. The van der Waals surface area contributed by atoms with Gasteiger partial charge in [-0.2, -0.15) is 4.98 Å². The number of ether oxygens (including phenoxy) is 1. The van der Waals surface area contributed by atoms with E-state index < -0.39 is 5.97 Å². The SMILES string of the molecule is CCOC(=O)c1ccc(Nc2nc3scc(-c4ccc(C)cc4)n3n2)nn1. The molecule has 27 heavy (non-hydrogen) atoms. The van der Waals surface area contributed by atoms with Crippen LogP contribution in [-0.2, 0) is 4.74 Å². The molecule has 0 saturated carbocycles. The maximum atomic E-state index is 11.6. The van der Waals surface area contributed by atoms with E-state index in [0.717, 1.165) is 16.2 Å². The summed E-state index contributed by atoms with van der Waals surface area (Å²) in [6, 6.07) is 11.4. The predicted molar refractivity (Wildman–Crippen MR) is 102 cm³/mol. The topological polar surface area (TPSA) is 94.3 Å². The second-order valence-corrected chi connectivity index (χ2v) is 6.60. The fraction of sp³-hybridized carbons (Fsp3) is 0.167. The minimum atomic E-state index is -0.500. The van der Waals surface area contributed by atoms with Gasteiger partial charge in [0.15, 0.2) is 11.5 Å². The van der Waals surface area contributed by atoms with Crippen LogP contribution in [-0.4, -0.2) is 37.4 Å². The number of aromatic nitrogens is 5. The molecule has 3 aromatic heterocycles. The average molecular weight is 380 g/mol. The van der Waals surface area contributed by atoms with E-state index in [1.165, 1.54) is 16.9 Å². The summed E-state index contributed by atoms with van der Waals surface area (Å²) >= 11 is 1.51. The van der Waals surface area contributed by atoms with E-state index in [4.69, 9.17) is 4.74 Å². The molecule has 4 aromatic rings. The largest absolute Gasteiger partial charge is 0.461 e. The molecule has 0 aliphatic carbocycles. The number of fused-ring (bicyclic) bond motifs is 1. The van der Waals surface area contributed by atoms with Gasteiger partial charge in [0.25, 0.3) is 0 Å². The van der Waals surface area contributed by atoms with E-state index in [2.05, 4.69) is 56.8 Å². The molecular weight excluding hydrogens is 364 g/mol. The molecule has 0 amide bonds. The maximum Gasteiger partial charge on any atom is 0.358 e. The van der Waals surface area contributed by atoms with Crippen molar-refractivity contribution in [2.45, 2.75) is 13.8 Å². The summed E-state index contributed by atoms with van der Waals surface area (Å²) in [5.41, 5.74) is 3.40. The summed E-state index contributed by atoms with van der Waals surface area (Å²) in [6.45, 7) is 4.08. The highest BCUT2D eigenvalue weighted by atomic mass is 32.1. The number of hydrogen-bond donors (Lipinski definition) is 1. The Hall–Kier alpha value is -3.33. The van der Waals surface area contributed by atoms with Crippen LogP contribution in [0.2, 0.25) is 0 Å². The Kier molecular flexibility index (Phi) is 4.51. The number of nitrogens with zero attached hydrogens (tertiary/aromatic N) is 5. The van der Waals surface area contributed by atoms with Crippen molar-refractivity contribution >= 4 is 34.0 Å². The van der Waals surface area contributed by atoms with E-state index in [1.54, 1.807) is 23.6 Å². The third-order valence-corrected chi connectivity index (χ3v) is 4.63. The average Bonchev–Trinajstić information content (AvgIpc) is 3.23. The van der Waals surface area contributed by atoms with E-state index in [9.17, 15) is 4.79 Å². The van der Waals surface area contributed by atoms with Crippen molar-refractivity contribution < 1.29 is 9.53 Å². The first-order valence-corrected chi connectivity index (χ1v) is 9.21. The number of carbonyl (C=O) groups is 1. The highest BCUT2D eigenvalue weighted by Gasteiger charge is 2.13. The summed E-state index contributed by atoms with van der Waals surface area (Å²) in [7, 11) is 0. The Morgan fingerprint density at radius 1 is 1.19 bits per heavy atom. The molecule has 1 aromatic carbocycles. The van der Waals surface area contributed by atoms with E-state index in [1.807, 2.05) is 5.38 Å². The summed E-state index contributed by atoms with van der Waals surface area (Å²) in [5, 5.41) is 17.4. The van der Waals surface area contributed by atoms with Crippen LogP contribution in [0.3, 0.4) is 0 Å². The van der Waals surface area contributed by atoms with Gasteiger partial charge in [-0.25, -0.2) is 9.31 Å². The lowest BCUT2D eigenvalue weighted by Gasteiger charge is -2.02. The van der Waals surface area contributed by atoms with E-state index in [0.29, 0.717) is 18.4 Å². The molecule has 0 saturated heterocycles. The quantitative estimate of drug-likeness (QED) is 0.530. The van der Waals surface area contributed by atoms with Gasteiger partial charge in [0.2, 0.25) is 10.9 Å². The Labute approximate surface area is 158 Å². The zero-order valence-corrected chi connectivity index (χ0v) is 15.5. The van der Waals surface area contributed by atoms with Gasteiger partial charge in [0.05, 0.1) is 12.3 Å². The van der Waals surface area contributed by atoms with Crippen LogP contribution < -0.4 is 5.32 Å². The molecular formula is C18H16N6O2S. The van der Waals surface area contributed by atoms with Crippen molar-refractivity contribution in [1.29, 1.82) is 0 Å². The smallest absolute Gasteiger partial charge is 0.358 e. The number of anilines is 2. The van der Waals surface area contributed by atoms with Crippen LogP contribution in [0.5, 0.6) is 0 Å². The maximum absolute atomic E-state index is 11.6. The third-order valence-electron chi connectivity index (χ3n) is 3.82. The lowest BCUT2D eigenvalue weighted by molar-refractivity contribution is 0.0518. The lowest BCUT2D eigenvalue weighted by atomic mass is 10.1. The standard InChI is InChI=1S/C18H16N6O2S/c1-3-26-16(25)13-8-9-15(22-21-13)19-17-20-18-24(23-17)14(10-27-18)12-6-4-11(2)5-7-12/h4-10H,3H2,1-2H3,(H,19,22,23). The van der Waals surface area contributed by atoms with Crippen molar-refractivity contribution in [3.63, 3.8) is 0 Å². The van der Waals surface area contributed by atoms with Gasteiger partial charge in [0, 0.05) is 10.9 Å². The molecule has 9 heteroatoms. The van der Waals surface area contributed by atoms with Crippen LogP contribution >= 0.6 is 11.3 Å². The highest BCUT2D eigenvalue weighted by Crippen LogP contribution is 2.26. The molecule has 0 aliphatic rings. The normalized spacial score (nSPS) is 10.9. The van der Waals surface area contributed by atoms with Gasteiger partial charge in [0.1, 0.15) is 0 Å². The number of carbonyl (C=O) groups excluding carboxylic acids is 1. The molecule has 8 nitrogen and oxygen atoms in total. The summed E-state index contributed by atoms with van der Waals surface area (Å²) in [5.74, 6) is 0.353. The molecule has 0 bridgehead atoms. The van der Waals surface area contributed by atoms with Gasteiger partial charge in [-0.05, 0) is 26.0 Å². The summed E-state index contributed by atoms with van der Waals surface area (Å²) < 4.78 is 6.68. The van der Waals surface area contributed by atoms with Crippen molar-refractivity contribution in [2.24, 2.45) is 0 Å². The molecule has 0 aliphatic heterocycles. The first-order valence-electron chi connectivity index (χ1n) is 8.33. The van der Waals surface area contributed by atoms with Crippen molar-refractivity contribution in [1.82, 2.24) is 24.8 Å². The first kappa shape index (κ1) is 17.1. The van der Waals surface area contributed by atoms with Crippen molar-refractivity contribution in [3.05, 3.63) is 53.0 Å². The van der Waals surface area contributed by atoms with Crippen LogP contribution in [0.1, 0.15) is 23.0 Å². The minimum absolute atomic E-state index is 0.155. The number of benzene rings is 1. The number of nitrogens with one attached hydrogen (secondary N) is 1. The molecule has 0 fully saturated rings. The first-order chi connectivity index (χ1) is 13.1. The van der Waals surface area contributed by atoms with Gasteiger partial charge in [-0.3, -0.25) is 0 Å². The molecule has 3 heterocycles. The van der Waals surface area contributed by atoms with Crippen LogP contribution in [0.4, 0.5) is 11.8 Å². The minimum Gasteiger partial charge on any atom is -0.461 e. The fourth-order valence-electron chi connectivity index (χ4n) is 2.48. The molecule has 0 atom stereocenters. The third kappa shape index (κ3) is 3.49. The predicted octanol–water partition coefficient (Wildman–Crippen LogP) is 3.48. The van der Waals surface area contributed by atoms with Crippen LogP contribution in [0.25, 0.3) is 16.2 Å². The monoisotopic (exact) mass is 380 g/mol. The van der Waals surface area contributed by atoms with Crippen molar-refractivity contribution in [3.8, 4) is 11.3 Å². The number of esters is 1. The summed E-state index contributed by atoms with van der Waals surface area (Å²) in [6.07, 6.45) is 0. The van der Waals surface area contributed by atoms with Gasteiger partial charge < -0.3 is 10.1 Å². The van der Waals surface area contributed by atoms with Gasteiger partial charge in [-0.1, -0.05) is 29.8 Å². The number of hydrogen-bond acceptors (Lipinski definition) is 8. The number of aryl methyl sites for hydroxylation is 1. The fourth-order valence-corrected chi connectivity index (χ4v) is 3.32. The van der Waals surface area contributed by atoms with E-state index in [-0.39, 0.29) is 5.69 Å². The zero-order valence-electron chi connectivity index (χ0n) is 14.7. The lowest BCUT2D eigenvalue weighted by Crippen LogP contribution is -2.08. The number of rotatable bonds is 5. The Balaban J connectivity index is 1.56. The Bertz CT molecular complexity index is 1090. The van der Waals surface area contributed by atoms with Crippen LogP contribution in [0.15, 0.2) is 41.8 Å². The van der Waals surface area contributed by atoms with Gasteiger partial charge >= 0.3 is 5.97 Å². The molecule has 0 radical (unpaired) electrons. The van der Waals surface area contributed by atoms with Crippen LogP contribution in [0, 0.1) is 6.92 Å². The zero-order chi connectivity index (χ0) is 18.8. The van der Waals surface area contributed by atoms with E-state index >= 15 is 0 Å². The second kappa shape index (κ2) is 7.12. The highest BCUT2D eigenvalue weighted by molar-refractivity contribution is 7.15. The molecule has 4 rings (SSSR count). The molecule has 0 unspecified atom stereocenters. The molecule has 1 N–H and O–H groups in total. The summed E-state index contributed by atoms with van der Waals surface area (Å²) in [4.78, 5) is 16.8. The second-order valence-electron chi connectivity index (χ2n) is 5.77. The molecule has 0 spiro atoms.